The molecular weight excluding hydrogens is 310 g/mol. The molecule has 1 fully saturated rings. The third-order valence-corrected chi connectivity index (χ3v) is 3.89. The van der Waals surface area contributed by atoms with Crippen LogP contribution in [0.25, 0.3) is 0 Å². The van der Waals surface area contributed by atoms with Gasteiger partial charge in [-0.3, -0.25) is 0 Å². The molecule has 1 amide bonds. The molecular formula is C18H25NO5. The molecule has 1 heterocycles. The van der Waals surface area contributed by atoms with Crippen molar-refractivity contribution in [3.63, 3.8) is 0 Å². The van der Waals surface area contributed by atoms with Gasteiger partial charge in [-0.15, -0.1) is 0 Å². The molecule has 1 aromatic rings. The van der Waals surface area contributed by atoms with Crippen molar-refractivity contribution in [2.45, 2.75) is 52.2 Å². The van der Waals surface area contributed by atoms with Gasteiger partial charge in [0.05, 0.1) is 11.6 Å². The average molecular weight is 335 g/mol. The maximum Gasteiger partial charge on any atom is 0.410 e. The van der Waals surface area contributed by atoms with Crippen molar-refractivity contribution in [2.75, 3.05) is 13.2 Å². The molecule has 0 spiro atoms. The molecule has 132 valence electrons. The van der Waals surface area contributed by atoms with Crippen molar-refractivity contribution in [2.24, 2.45) is 0 Å². The van der Waals surface area contributed by atoms with Crippen LogP contribution in [0.3, 0.4) is 0 Å². The van der Waals surface area contributed by atoms with Gasteiger partial charge in [0, 0.05) is 6.54 Å². The van der Waals surface area contributed by atoms with Crippen molar-refractivity contribution in [1.82, 2.24) is 4.90 Å². The minimum Gasteiger partial charge on any atom is -0.491 e. The molecule has 0 radical (unpaired) electrons. The van der Waals surface area contributed by atoms with Gasteiger partial charge in [-0.2, -0.15) is 0 Å². The van der Waals surface area contributed by atoms with Gasteiger partial charge in [0.25, 0.3) is 0 Å². The standard InChI is InChI=1S/C18H25NO5/c1-12-7-8-14(10-15(12)16(20)21)23-11-13-6-5-9-19(13)17(22)24-18(2,3)4/h7-8,10,13H,5-6,9,11H2,1-4H3,(H,20,21)/t13-/m1/s1. The molecule has 0 unspecified atom stereocenters. The van der Waals surface area contributed by atoms with E-state index in [1.807, 2.05) is 20.8 Å². The monoisotopic (exact) mass is 335 g/mol. The summed E-state index contributed by atoms with van der Waals surface area (Å²) in [7, 11) is 0. The molecule has 0 aromatic heterocycles. The van der Waals surface area contributed by atoms with Crippen molar-refractivity contribution >= 4 is 12.1 Å². The van der Waals surface area contributed by atoms with Gasteiger partial charge < -0.3 is 19.5 Å². The number of benzene rings is 1. The number of likely N-dealkylation sites (tertiary alicyclic amines) is 1. The number of carbonyl (C=O) groups excluding carboxylic acids is 1. The molecule has 1 aliphatic heterocycles. The summed E-state index contributed by atoms with van der Waals surface area (Å²) in [5.41, 5.74) is 0.382. The summed E-state index contributed by atoms with van der Waals surface area (Å²) in [5.74, 6) is -0.483. The summed E-state index contributed by atoms with van der Waals surface area (Å²) in [6, 6.07) is 4.92. The largest absolute Gasteiger partial charge is 0.491 e. The molecule has 6 nitrogen and oxygen atoms in total. The van der Waals surface area contributed by atoms with Crippen LogP contribution in [0.2, 0.25) is 0 Å². The molecule has 1 atom stereocenters. The molecule has 0 aliphatic carbocycles. The number of hydrogen-bond donors (Lipinski definition) is 1. The maximum absolute atomic E-state index is 12.2. The fraction of sp³-hybridized carbons (Fsp3) is 0.556. The number of aromatic carboxylic acids is 1. The number of ether oxygens (including phenoxy) is 2. The van der Waals surface area contributed by atoms with Gasteiger partial charge in [0.1, 0.15) is 18.0 Å². The maximum atomic E-state index is 12.2. The Kier molecular flexibility index (Phi) is 5.36. The average Bonchev–Trinajstić information content (AvgIpc) is 2.93. The predicted octanol–water partition coefficient (Wildman–Crippen LogP) is 3.47. The first-order chi connectivity index (χ1) is 11.2. The topological polar surface area (TPSA) is 76.1 Å². The highest BCUT2D eigenvalue weighted by atomic mass is 16.6. The Morgan fingerprint density at radius 3 is 2.67 bits per heavy atom. The fourth-order valence-electron chi connectivity index (χ4n) is 2.68. The SMILES string of the molecule is Cc1ccc(OC[C@H]2CCCN2C(=O)OC(C)(C)C)cc1C(=O)O. The van der Waals surface area contributed by atoms with Gasteiger partial charge >= 0.3 is 12.1 Å². The number of carbonyl (C=O) groups is 2. The molecule has 2 rings (SSSR count). The van der Waals surface area contributed by atoms with Gasteiger partial charge in [-0.25, -0.2) is 9.59 Å². The molecule has 0 bridgehead atoms. The Labute approximate surface area is 142 Å². The Balaban J connectivity index is 1.99. The van der Waals surface area contributed by atoms with Crippen LogP contribution < -0.4 is 4.74 Å². The van der Waals surface area contributed by atoms with E-state index in [4.69, 9.17) is 14.6 Å². The normalized spacial score (nSPS) is 17.7. The molecule has 0 saturated carbocycles. The second-order valence-electron chi connectivity index (χ2n) is 7.06. The van der Waals surface area contributed by atoms with E-state index in [0.29, 0.717) is 24.5 Å². The molecule has 1 aromatic carbocycles. The summed E-state index contributed by atoms with van der Waals surface area (Å²) >= 11 is 0. The van der Waals surface area contributed by atoms with Gasteiger partial charge in [0.15, 0.2) is 0 Å². The van der Waals surface area contributed by atoms with E-state index in [2.05, 4.69) is 0 Å². The predicted molar refractivity (Wildman–Crippen MR) is 89.6 cm³/mol. The van der Waals surface area contributed by atoms with Crippen LogP contribution in [0.5, 0.6) is 5.75 Å². The number of amides is 1. The van der Waals surface area contributed by atoms with Crippen LogP contribution in [0.4, 0.5) is 4.79 Å². The van der Waals surface area contributed by atoms with E-state index in [-0.39, 0.29) is 17.7 Å². The molecule has 6 heteroatoms. The Morgan fingerprint density at radius 1 is 1.33 bits per heavy atom. The minimum absolute atomic E-state index is 0.0607. The van der Waals surface area contributed by atoms with Crippen molar-refractivity contribution in [3.8, 4) is 5.75 Å². The Morgan fingerprint density at radius 2 is 2.04 bits per heavy atom. The number of aryl methyl sites for hydroxylation is 1. The number of carboxylic acids is 1. The highest BCUT2D eigenvalue weighted by Crippen LogP contribution is 2.23. The van der Waals surface area contributed by atoms with Crippen LogP contribution in [0.15, 0.2) is 18.2 Å². The number of carboxylic acid groups (broad SMARTS) is 1. The number of nitrogens with zero attached hydrogens (tertiary/aromatic N) is 1. The second kappa shape index (κ2) is 7.11. The van der Waals surface area contributed by atoms with Crippen LogP contribution >= 0.6 is 0 Å². The molecule has 1 saturated heterocycles. The molecule has 1 aliphatic rings. The first-order valence-corrected chi connectivity index (χ1v) is 8.14. The van der Waals surface area contributed by atoms with Crippen LogP contribution in [0, 0.1) is 6.92 Å². The van der Waals surface area contributed by atoms with Crippen molar-refractivity contribution in [1.29, 1.82) is 0 Å². The fourth-order valence-corrected chi connectivity index (χ4v) is 2.68. The lowest BCUT2D eigenvalue weighted by Gasteiger charge is -2.28. The zero-order valence-corrected chi connectivity index (χ0v) is 14.7. The van der Waals surface area contributed by atoms with Gasteiger partial charge in [-0.1, -0.05) is 6.07 Å². The second-order valence-corrected chi connectivity index (χ2v) is 7.06. The minimum atomic E-state index is -0.978. The number of hydrogen-bond acceptors (Lipinski definition) is 4. The zero-order chi connectivity index (χ0) is 17.9. The van der Waals surface area contributed by atoms with Crippen molar-refractivity contribution in [3.05, 3.63) is 29.3 Å². The Hall–Kier alpha value is -2.24. The summed E-state index contributed by atoms with van der Waals surface area (Å²) in [5, 5.41) is 9.17. The lowest BCUT2D eigenvalue weighted by atomic mass is 10.1. The van der Waals surface area contributed by atoms with E-state index in [0.717, 1.165) is 12.8 Å². The molecule has 24 heavy (non-hydrogen) atoms. The number of rotatable bonds is 4. The van der Waals surface area contributed by atoms with Gasteiger partial charge in [-0.05, 0) is 58.2 Å². The third kappa shape index (κ3) is 4.63. The van der Waals surface area contributed by atoms with Crippen LogP contribution in [0.1, 0.15) is 49.5 Å². The summed E-state index contributed by atoms with van der Waals surface area (Å²) < 4.78 is 11.2. The van der Waals surface area contributed by atoms with E-state index < -0.39 is 11.6 Å². The third-order valence-electron chi connectivity index (χ3n) is 3.89. The van der Waals surface area contributed by atoms with E-state index in [1.54, 1.807) is 24.0 Å². The highest BCUT2D eigenvalue weighted by molar-refractivity contribution is 5.89. The zero-order valence-electron chi connectivity index (χ0n) is 14.7. The summed E-state index contributed by atoms with van der Waals surface area (Å²) in [6.07, 6.45) is 1.42. The van der Waals surface area contributed by atoms with Crippen LogP contribution in [-0.2, 0) is 4.74 Å². The quantitative estimate of drug-likeness (QED) is 0.912. The Bertz CT molecular complexity index is 620. The molecule has 1 N–H and O–H groups in total. The lowest BCUT2D eigenvalue weighted by Crippen LogP contribution is -2.42. The van der Waals surface area contributed by atoms with Crippen molar-refractivity contribution < 1.29 is 24.2 Å². The summed E-state index contributed by atoms with van der Waals surface area (Å²) in [6.45, 7) is 8.23. The van der Waals surface area contributed by atoms with E-state index in [1.165, 1.54) is 6.07 Å². The summed E-state index contributed by atoms with van der Waals surface area (Å²) in [4.78, 5) is 25.1. The van der Waals surface area contributed by atoms with Crippen LogP contribution in [-0.4, -0.2) is 46.9 Å². The van der Waals surface area contributed by atoms with E-state index >= 15 is 0 Å². The van der Waals surface area contributed by atoms with Gasteiger partial charge in [0.2, 0.25) is 0 Å². The smallest absolute Gasteiger partial charge is 0.410 e. The first-order valence-electron chi connectivity index (χ1n) is 8.14. The van der Waals surface area contributed by atoms with E-state index in [9.17, 15) is 9.59 Å². The first kappa shape index (κ1) is 18.1. The lowest BCUT2D eigenvalue weighted by molar-refractivity contribution is 0.0187. The highest BCUT2D eigenvalue weighted by Gasteiger charge is 2.32.